The molecular formula is C15H20ClNO4. The molecule has 2 unspecified atom stereocenters. The van der Waals surface area contributed by atoms with Crippen LogP contribution in [0.25, 0.3) is 0 Å². The van der Waals surface area contributed by atoms with E-state index in [1.165, 1.54) is 0 Å². The van der Waals surface area contributed by atoms with Crippen LogP contribution < -0.4 is 9.47 Å². The van der Waals surface area contributed by atoms with Crippen molar-refractivity contribution in [3.8, 4) is 11.5 Å². The van der Waals surface area contributed by atoms with Gasteiger partial charge in [0.15, 0.2) is 11.5 Å². The Morgan fingerprint density at radius 3 is 2.90 bits per heavy atom. The molecule has 0 aromatic heterocycles. The van der Waals surface area contributed by atoms with Crippen molar-refractivity contribution in [2.75, 3.05) is 32.9 Å². The average molecular weight is 314 g/mol. The number of benzene rings is 1. The van der Waals surface area contributed by atoms with E-state index in [0.29, 0.717) is 36.3 Å². The van der Waals surface area contributed by atoms with E-state index in [4.69, 9.17) is 25.8 Å². The van der Waals surface area contributed by atoms with Crippen LogP contribution in [0.5, 0.6) is 11.5 Å². The number of nitrogens with zero attached hydrogens (tertiary/aromatic N) is 1. The summed E-state index contributed by atoms with van der Waals surface area (Å²) in [5.41, 5.74) is 1.08. The molecule has 6 heteroatoms. The molecule has 1 saturated heterocycles. The second-order valence-electron chi connectivity index (χ2n) is 5.55. The Balaban J connectivity index is 1.74. The van der Waals surface area contributed by atoms with Crippen LogP contribution in [-0.4, -0.2) is 55.1 Å². The fourth-order valence-corrected chi connectivity index (χ4v) is 3.17. The van der Waals surface area contributed by atoms with Crippen molar-refractivity contribution in [3.63, 3.8) is 0 Å². The third-order valence-electron chi connectivity index (χ3n) is 3.67. The molecule has 1 aromatic rings. The van der Waals surface area contributed by atoms with E-state index in [0.717, 1.165) is 18.7 Å². The lowest BCUT2D eigenvalue weighted by Gasteiger charge is -2.36. The smallest absolute Gasteiger partial charge is 0.179 e. The number of rotatable bonds is 3. The highest BCUT2D eigenvalue weighted by Gasteiger charge is 2.25. The summed E-state index contributed by atoms with van der Waals surface area (Å²) < 4.78 is 16.8. The molecule has 5 nitrogen and oxygen atoms in total. The van der Waals surface area contributed by atoms with Gasteiger partial charge in [-0.05, 0) is 24.6 Å². The van der Waals surface area contributed by atoms with Crippen LogP contribution in [0.15, 0.2) is 12.1 Å². The number of hydrogen-bond donors (Lipinski definition) is 1. The minimum Gasteiger partial charge on any atom is -0.486 e. The number of hydrogen-bond acceptors (Lipinski definition) is 5. The normalized spacial score (nSPS) is 25.9. The largest absolute Gasteiger partial charge is 0.486 e. The number of fused-ring (bicyclic) bond motifs is 1. The Bertz CT molecular complexity index is 511. The van der Waals surface area contributed by atoms with Gasteiger partial charge < -0.3 is 19.3 Å². The number of halogens is 1. The topological polar surface area (TPSA) is 51.2 Å². The van der Waals surface area contributed by atoms with E-state index in [-0.39, 0.29) is 18.8 Å². The van der Waals surface area contributed by atoms with Crippen LogP contribution in [0.1, 0.15) is 12.5 Å². The lowest BCUT2D eigenvalue weighted by Crippen LogP contribution is -2.47. The number of ether oxygens (including phenoxy) is 3. The molecule has 1 fully saturated rings. The number of morpholine rings is 1. The molecule has 2 aliphatic heterocycles. The SMILES string of the molecule is CC1CN(Cc2cc(Cl)c3c(c2)OCCO3)CC(CO)O1. The summed E-state index contributed by atoms with van der Waals surface area (Å²) in [6.07, 6.45) is -0.00925. The second-order valence-corrected chi connectivity index (χ2v) is 5.95. The minimum absolute atomic E-state index is 0.0444. The Kier molecular flexibility index (Phi) is 4.54. The third-order valence-corrected chi connectivity index (χ3v) is 3.95. The molecule has 1 N–H and O–H groups in total. The first-order valence-electron chi connectivity index (χ1n) is 7.22. The Hall–Kier alpha value is -1.01. The third kappa shape index (κ3) is 3.43. The Morgan fingerprint density at radius 2 is 2.10 bits per heavy atom. The molecule has 0 aliphatic carbocycles. The van der Waals surface area contributed by atoms with E-state index in [2.05, 4.69) is 4.90 Å². The summed E-state index contributed by atoms with van der Waals surface area (Å²) in [7, 11) is 0. The maximum absolute atomic E-state index is 9.29. The van der Waals surface area contributed by atoms with Crippen molar-refractivity contribution in [1.29, 1.82) is 0 Å². The fourth-order valence-electron chi connectivity index (χ4n) is 2.88. The molecule has 1 aromatic carbocycles. The molecule has 0 radical (unpaired) electrons. The van der Waals surface area contributed by atoms with Gasteiger partial charge in [0, 0.05) is 19.6 Å². The van der Waals surface area contributed by atoms with E-state index in [1.54, 1.807) is 0 Å². The zero-order valence-electron chi connectivity index (χ0n) is 12.0. The number of aliphatic hydroxyl groups is 1. The van der Waals surface area contributed by atoms with Gasteiger partial charge in [0.05, 0.1) is 23.8 Å². The van der Waals surface area contributed by atoms with Gasteiger partial charge >= 0.3 is 0 Å². The van der Waals surface area contributed by atoms with E-state index in [9.17, 15) is 5.11 Å². The van der Waals surface area contributed by atoms with Gasteiger partial charge in [-0.1, -0.05) is 11.6 Å². The fraction of sp³-hybridized carbons (Fsp3) is 0.600. The molecule has 0 bridgehead atoms. The second kappa shape index (κ2) is 6.40. The molecule has 2 aliphatic rings. The lowest BCUT2D eigenvalue weighted by atomic mass is 10.1. The molecule has 0 spiro atoms. The van der Waals surface area contributed by atoms with E-state index in [1.807, 2.05) is 19.1 Å². The zero-order valence-corrected chi connectivity index (χ0v) is 12.8. The Morgan fingerprint density at radius 1 is 1.29 bits per heavy atom. The van der Waals surface area contributed by atoms with Crippen LogP contribution in [0.4, 0.5) is 0 Å². The molecule has 3 rings (SSSR count). The zero-order chi connectivity index (χ0) is 14.8. The average Bonchev–Trinajstić information content (AvgIpc) is 2.46. The standard InChI is InChI=1S/C15H20ClNO4/c1-10-6-17(8-12(9-18)21-10)7-11-4-13(16)15-14(5-11)19-2-3-20-15/h4-5,10,12,18H,2-3,6-9H2,1H3. The molecule has 116 valence electrons. The summed E-state index contributed by atoms with van der Waals surface area (Å²) in [6.45, 7) is 5.45. The van der Waals surface area contributed by atoms with Crippen LogP contribution in [0, 0.1) is 0 Å². The van der Waals surface area contributed by atoms with E-state index >= 15 is 0 Å². The van der Waals surface area contributed by atoms with E-state index < -0.39 is 0 Å². The lowest BCUT2D eigenvalue weighted by molar-refractivity contribution is -0.0972. The molecule has 2 heterocycles. The predicted octanol–water partition coefficient (Wildman–Crippen LogP) is 1.69. The molecule has 0 saturated carbocycles. The molecule has 21 heavy (non-hydrogen) atoms. The summed E-state index contributed by atoms with van der Waals surface area (Å²) in [5.74, 6) is 1.35. The van der Waals surface area contributed by atoms with Crippen molar-refractivity contribution in [2.24, 2.45) is 0 Å². The highest BCUT2D eigenvalue weighted by atomic mass is 35.5. The maximum atomic E-state index is 9.29. The van der Waals surface area contributed by atoms with Crippen molar-refractivity contribution in [2.45, 2.75) is 25.7 Å². The van der Waals surface area contributed by atoms with Crippen LogP contribution in [-0.2, 0) is 11.3 Å². The van der Waals surface area contributed by atoms with Gasteiger partial charge in [-0.2, -0.15) is 0 Å². The van der Waals surface area contributed by atoms with Crippen LogP contribution >= 0.6 is 11.6 Å². The first-order chi connectivity index (χ1) is 10.2. The molecule has 2 atom stereocenters. The highest BCUT2D eigenvalue weighted by Crippen LogP contribution is 2.38. The summed E-state index contributed by atoms with van der Waals surface area (Å²) in [5, 5.41) is 9.87. The van der Waals surface area contributed by atoms with Crippen LogP contribution in [0.3, 0.4) is 0 Å². The van der Waals surface area contributed by atoms with Gasteiger partial charge in [0.25, 0.3) is 0 Å². The van der Waals surface area contributed by atoms with Crippen molar-refractivity contribution < 1.29 is 19.3 Å². The van der Waals surface area contributed by atoms with Crippen molar-refractivity contribution in [3.05, 3.63) is 22.7 Å². The predicted molar refractivity (Wildman–Crippen MR) is 79.1 cm³/mol. The summed E-state index contributed by atoms with van der Waals surface area (Å²) >= 11 is 6.26. The van der Waals surface area contributed by atoms with Gasteiger partial charge in [0.2, 0.25) is 0 Å². The van der Waals surface area contributed by atoms with Gasteiger partial charge in [-0.15, -0.1) is 0 Å². The summed E-state index contributed by atoms with van der Waals surface area (Å²) in [4.78, 5) is 2.26. The number of aliphatic hydroxyl groups excluding tert-OH is 1. The first-order valence-corrected chi connectivity index (χ1v) is 7.60. The van der Waals surface area contributed by atoms with Gasteiger partial charge in [-0.25, -0.2) is 0 Å². The minimum atomic E-state index is -0.124. The maximum Gasteiger partial charge on any atom is 0.179 e. The first kappa shape index (κ1) is 14.9. The monoisotopic (exact) mass is 313 g/mol. The van der Waals surface area contributed by atoms with Gasteiger partial charge in [0.1, 0.15) is 13.2 Å². The van der Waals surface area contributed by atoms with Crippen LogP contribution in [0.2, 0.25) is 5.02 Å². The van der Waals surface area contributed by atoms with Crippen molar-refractivity contribution in [1.82, 2.24) is 4.90 Å². The van der Waals surface area contributed by atoms with Crippen molar-refractivity contribution >= 4 is 11.6 Å². The summed E-state index contributed by atoms with van der Waals surface area (Å²) in [6, 6.07) is 3.90. The van der Waals surface area contributed by atoms with Gasteiger partial charge in [-0.3, -0.25) is 4.90 Å². The Labute approximate surface area is 129 Å². The molecule has 0 amide bonds. The quantitative estimate of drug-likeness (QED) is 0.920. The molecular weight excluding hydrogens is 294 g/mol. The highest BCUT2D eigenvalue weighted by molar-refractivity contribution is 6.32.